The van der Waals surface area contributed by atoms with Crippen LogP contribution in [0.25, 0.3) is 11.4 Å². The second-order valence-corrected chi connectivity index (χ2v) is 16.0. The summed E-state index contributed by atoms with van der Waals surface area (Å²) in [5.41, 5.74) is 0.359. The minimum Gasteiger partial charge on any atom is -0.506 e. The van der Waals surface area contributed by atoms with E-state index >= 15 is 0 Å². The third-order valence-electron chi connectivity index (χ3n) is 7.68. The summed E-state index contributed by atoms with van der Waals surface area (Å²) < 4.78 is 54.2. The standard InChI is InChI=1S/2C17H15ClN5O4S.Cr.Na/c2*1-10-16(17(25)23(22-10)12-5-3-11(18)4-6-12)21-20-14-9-13(7-8-15(14)24)28(26,27)19-2;;/h2*3-9,19,24H,1-2H3;;/q2*-1;;+1. The van der Waals surface area contributed by atoms with Crippen molar-refractivity contribution in [1.29, 1.82) is 0 Å². The number of nitrogens with one attached hydrogen (secondary N) is 2. The van der Waals surface area contributed by atoms with Gasteiger partial charge >= 0.3 is 29.6 Å². The van der Waals surface area contributed by atoms with E-state index in [0.29, 0.717) is 32.8 Å². The Hall–Kier alpha value is -4.37. The van der Waals surface area contributed by atoms with E-state index in [-0.39, 0.29) is 91.0 Å². The van der Waals surface area contributed by atoms with Crippen LogP contribution in [0.1, 0.15) is 11.4 Å². The molecule has 6 aromatic rings. The molecule has 0 aliphatic carbocycles. The van der Waals surface area contributed by atoms with E-state index in [1.807, 2.05) is 0 Å². The van der Waals surface area contributed by atoms with Crippen LogP contribution in [0.4, 0.5) is 22.7 Å². The maximum absolute atomic E-state index is 12.6. The Bertz CT molecular complexity index is 2630. The molecule has 298 valence electrons. The molecule has 4 aromatic carbocycles. The SMILES string of the molecule is CNS(=O)(=O)c1ccc(O)c(N=N[c-]2c(C)nn(-c3ccc(Cl)cc3)c2=O)c1.CNS(=O)(=O)c1ccc(O)c(N=N[c-]2c(C)nn(-c3ccc(Cl)cc3)c2=O)c1.[Cr].[Na+]. The maximum atomic E-state index is 12.6. The first-order chi connectivity index (χ1) is 26.4. The average molecular weight is 917 g/mol. The quantitative estimate of drug-likeness (QED) is 0.0889. The summed E-state index contributed by atoms with van der Waals surface area (Å²) in [7, 11) is -4.92. The number of sulfonamides is 2. The molecular formula is C34H30Cl2CrN10NaO8S2-. The molecule has 58 heavy (non-hydrogen) atoms. The summed E-state index contributed by atoms with van der Waals surface area (Å²) in [6.07, 6.45) is 0. The van der Waals surface area contributed by atoms with E-state index in [1.54, 1.807) is 62.4 Å². The van der Waals surface area contributed by atoms with Crippen LogP contribution in [0, 0.1) is 13.8 Å². The second kappa shape index (κ2) is 20.1. The van der Waals surface area contributed by atoms with Gasteiger partial charge < -0.3 is 30.0 Å². The van der Waals surface area contributed by atoms with Crippen LogP contribution in [0.3, 0.4) is 0 Å². The first-order valence-corrected chi connectivity index (χ1v) is 19.6. The van der Waals surface area contributed by atoms with Crippen LogP contribution in [0.15, 0.2) is 125 Å². The van der Waals surface area contributed by atoms with Gasteiger partial charge in [0.1, 0.15) is 34.0 Å². The van der Waals surface area contributed by atoms with E-state index in [9.17, 15) is 36.6 Å². The Kier molecular flexibility index (Phi) is 16.6. The van der Waals surface area contributed by atoms with E-state index in [4.69, 9.17) is 23.2 Å². The van der Waals surface area contributed by atoms with Crippen LogP contribution in [0.2, 0.25) is 10.0 Å². The maximum Gasteiger partial charge on any atom is 1.00 e. The van der Waals surface area contributed by atoms with Crippen molar-refractivity contribution < 1.29 is 74.0 Å². The molecule has 2 aromatic heterocycles. The fourth-order valence-electron chi connectivity index (χ4n) is 4.68. The minimum absolute atomic E-state index is 0. The van der Waals surface area contributed by atoms with Gasteiger partial charge in [-0.05, 0) is 99.0 Å². The number of phenolic OH excluding ortho intramolecular Hbond substituents is 2. The Balaban J connectivity index is 0.000000300. The van der Waals surface area contributed by atoms with E-state index in [1.165, 1.54) is 38.4 Å². The predicted molar refractivity (Wildman–Crippen MR) is 207 cm³/mol. The molecular weight excluding hydrogens is 886 g/mol. The molecule has 0 amide bonds. The zero-order valence-electron chi connectivity index (χ0n) is 31.0. The molecule has 24 heteroatoms. The van der Waals surface area contributed by atoms with Crippen LogP contribution in [-0.4, -0.2) is 60.7 Å². The van der Waals surface area contributed by atoms with Crippen molar-refractivity contribution in [2.45, 2.75) is 23.6 Å². The molecule has 0 aliphatic heterocycles. The normalized spacial score (nSPS) is 11.6. The zero-order valence-corrected chi connectivity index (χ0v) is 37.4. The molecule has 0 unspecified atom stereocenters. The molecule has 0 aliphatic rings. The van der Waals surface area contributed by atoms with Gasteiger partial charge in [-0.2, -0.15) is 10.2 Å². The fourth-order valence-corrected chi connectivity index (χ4v) is 6.44. The van der Waals surface area contributed by atoms with Crippen molar-refractivity contribution >= 4 is 66.0 Å². The van der Waals surface area contributed by atoms with Gasteiger partial charge in [0.05, 0.1) is 21.2 Å². The number of phenols is 2. The molecule has 6 rings (SSSR count). The van der Waals surface area contributed by atoms with Crippen LogP contribution >= 0.6 is 23.2 Å². The van der Waals surface area contributed by atoms with Crippen molar-refractivity contribution in [3.63, 3.8) is 0 Å². The van der Waals surface area contributed by atoms with Crippen molar-refractivity contribution in [1.82, 2.24) is 29.0 Å². The summed E-state index contributed by atoms with van der Waals surface area (Å²) in [6, 6.07) is 20.1. The van der Waals surface area contributed by atoms with Gasteiger partial charge in [0.2, 0.25) is 20.0 Å². The van der Waals surface area contributed by atoms with Gasteiger partial charge in [-0.15, -0.1) is 11.4 Å². The predicted octanol–water partition coefficient (Wildman–Crippen LogP) is 2.89. The first kappa shape index (κ1) is 48.0. The van der Waals surface area contributed by atoms with E-state index in [0.717, 1.165) is 21.5 Å². The summed E-state index contributed by atoms with van der Waals surface area (Å²) in [5, 5.41) is 44.6. The van der Waals surface area contributed by atoms with E-state index in [2.05, 4.69) is 40.1 Å². The second-order valence-electron chi connectivity index (χ2n) is 11.4. The molecule has 0 saturated heterocycles. The number of hydrogen-bond acceptors (Lipinski definition) is 14. The molecule has 18 nitrogen and oxygen atoms in total. The fraction of sp³-hybridized carbons (Fsp3) is 0.118. The molecule has 4 N–H and O–H groups in total. The van der Waals surface area contributed by atoms with Crippen LogP contribution in [0.5, 0.6) is 11.5 Å². The van der Waals surface area contributed by atoms with Gasteiger partial charge in [-0.3, -0.25) is 0 Å². The number of azo groups is 2. The van der Waals surface area contributed by atoms with Gasteiger partial charge in [-0.25, -0.2) is 45.8 Å². The van der Waals surface area contributed by atoms with Crippen molar-refractivity contribution in [2.75, 3.05) is 14.1 Å². The van der Waals surface area contributed by atoms with Crippen molar-refractivity contribution in [2.24, 2.45) is 20.5 Å². The van der Waals surface area contributed by atoms with Crippen LogP contribution in [-0.2, 0) is 37.4 Å². The largest absolute Gasteiger partial charge is 1.00 e. The summed E-state index contributed by atoms with van der Waals surface area (Å²) in [6.45, 7) is 3.17. The molecule has 0 bridgehead atoms. The summed E-state index contributed by atoms with van der Waals surface area (Å²) in [5.74, 6) is -0.567. The van der Waals surface area contributed by atoms with Gasteiger partial charge in [0, 0.05) is 27.4 Å². The van der Waals surface area contributed by atoms with Gasteiger partial charge in [0.25, 0.3) is 0 Å². The zero-order chi connectivity index (χ0) is 40.9. The number of nitrogens with zero attached hydrogens (tertiary/aromatic N) is 8. The Labute approximate surface area is 374 Å². The van der Waals surface area contributed by atoms with E-state index < -0.39 is 31.2 Å². The average Bonchev–Trinajstić information content (AvgIpc) is 3.62. The number of aryl methyl sites for hydroxylation is 2. The van der Waals surface area contributed by atoms with Crippen molar-refractivity contribution in [3.05, 3.63) is 127 Å². The Morgan fingerprint density at radius 2 is 0.948 bits per heavy atom. The molecule has 2 heterocycles. The number of rotatable bonds is 10. The monoisotopic (exact) mass is 915 g/mol. The minimum atomic E-state index is -3.72. The molecule has 0 atom stereocenters. The summed E-state index contributed by atoms with van der Waals surface area (Å²) >= 11 is 11.7. The van der Waals surface area contributed by atoms with Gasteiger partial charge in [0.15, 0.2) is 0 Å². The Morgan fingerprint density at radius 1 is 0.621 bits per heavy atom. The topological polar surface area (TPSA) is 252 Å². The summed E-state index contributed by atoms with van der Waals surface area (Å²) in [4.78, 5) is 25.0. The molecule has 0 fully saturated rings. The number of halogens is 2. The number of aromatic nitrogens is 4. The molecule has 0 radical (unpaired) electrons. The third kappa shape index (κ3) is 11.0. The molecule has 0 spiro atoms. The third-order valence-corrected chi connectivity index (χ3v) is 11.0. The van der Waals surface area contributed by atoms with Crippen molar-refractivity contribution in [3.8, 4) is 22.9 Å². The number of hydrogen-bond donors (Lipinski definition) is 4. The smallest absolute Gasteiger partial charge is 0.506 e. The first-order valence-electron chi connectivity index (χ1n) is 15.9. The molecule has 0 saturated carbocycles. The number of benzene rings is 4. The number of aromatic hydroxyl groups is 2. The van der Waals surface area contributed by atoms with Crippen LogP contribution < -0.4 is 50.1 Å². The Morgan fingerprint density at radius 3 is 1.26 bits per heavy atom. The van der Waals surface area contributed by atoms with Gasteiger partial charge in [-0.1, -0.05) is 48.4 Å².